The van der Waals surface area contributed by atoms with Gasteiger partial charge in [0, 0.05) is 12.1 Å². The number of aliphatic hydroxyl groups excluding tert-OH is 1. The van der Waals surface area contributed by atoms with Gasteiger partial charge in [-0.2, -0.15) is 0 Å². The first kappa shape index (κ1) is 26.0. The number of hydrogen-bond acceptors (Lipinski definition) is 6. The zero-order valence-electron chi connectivity index (χ0n) is 20.7. The molecule has 8 heteroatoms. The molecule has 0 spiro atoms. The van der Waals surface area contributed by atoms with Crippen LogP contribution in [0.3, 0.4) is 0 Å². The van der Waals surface area contributed by atoms with Crippen LogP contribution >= 0.6 is 11.6 Å². The first-order valence-electron chi connectivity index (χ1n) is 11.7. The molecule has 0 radical (unpaired) electrons. The van der Waals surface area contributed by atoms with E-state index in [0.29, 0.717) is 22.4 Å². The molecule has 190 valence electrons. The highest BCUT2D eigenvalue weighted by Gasteiger charge is 2.46. The largest absolute Gasteiger partial charge is 0.507 e. The number of amides is 1. The van der Waals surface area contributed by atoms with Gasteiger partial charge in [-0.25, -0.2) is 4.79 Å². The van der Waals surface area contributed by atoms with E-state index in [4.69, 9.17) is 21.1 Å². The number of aryl methyl sites for hydroxylation is 1. The van der Waals surface area contributed by atoms with Crippen LogP contribution in [-0.2, 0) is 20.9 Å². The molecule has 4 rings (SSSR count). The number of likely N-dealkylation sites (tertiary alicyclic amines) is 1. The zero-order chi connectivity index (χ0) is 26.7. The molecule has 3 aromatic carbocycles. The summed E-state index contributed by atoms with van der Waals surface area (Å²) in [6.07, 6.45) is 0. The normalized spacial score (nSPS) is 16.6. The third-order valence-corrected chi connectivity index (χ3v) is 6.47. The van der Waals surface area contributed by atoms with Crippen LogP contribution < -0.4 is 4.74 Å². The Morgan fingerprint density at radius 3 is 2.43 bits per heavy atom. The first-order chi connectivity index (χ1) is 17.7. The van der Waals surface area contributed by atoms with Gasteiger partial charge in [0.15, 0.2) is 0 Å². The van der Waals surface area contributed by atoms with Gasteiger partial charge in [0.1, 0.15) is 11.5 Å². The van der Waals surface area contributed by atoms with E-state index in [9.17, 15) is 19.5 Å². The maximum atomic E-state index is 13.3. The molecule has 1 fully saturated rings. The van der Waals surface area contributed by atoms with Crippen molar-refractivity contribution in [3.05, 3.63) is 105 Å². The maximum absolute atomic E-state index is 13.3. The molecule has 1 atom stereocenters. The number of hydrogen-bond donors (Lipinski definition) is 1. The molecule has 0 aromatic heterocycles. The van der Waals surface area contributed by atoms with Gasteiger partial charge in [-0.3, -0.25) is 9.59 Å². The molecule has 7 nitrogen and oxygen atoms in total. The molecule has 1 aliphatic rings. The molecule has 1 amide bonds. The Bertz CT molecular complexity index is 1400. The number of aliphatic hydroxyl groups is 1. The number of nitrogens with zero attached hydrogens (tertiary/aromatic N) is 1. The maximum Gasteiger partial charge on any atom is 0.338 e. The molecule has 3 aromatic rings. The minimum absolute atomic E-state index is 0.0612. The van der Waals surface area contributed by atoms with Gasteiger partial charge in [-0.15, -0.1) is 0 Å². The lowest BCUT2D eigenvalue weighted by Crippen LogP contribution is -2.29. The van der Waals surface area contributed by atoms with Crippen molar-refractivity contribution in [2.24, 2.45) is 0 Å². The predicted molar refractivity (Wildman–Crippen MR) is 139 cm³/mol. The van der Waals surface area contributed by atoms with Crippen molar-refractivity contribution >= 4 is 35.0 Å². The lowest BCUT2D eigenvalue weighted by Gasteiger charge is -2.26. The van der Waals surface area contributed by atoms with Gasteiger partial charge < -0.3 is 19.5 Å². The molecule has 1 unspecified atom stereocenters. The number of esters is 1. The predicted octanol–water partition coefficient (Wildman–Crippen LogP) is 5.46. The third kappa shape index (κ3) is 5.22. The lowest BCUT2D eigenvalue weighted by molar-refractivity contribution is -0.140. The summed E-state index contributed by atoms with van der Waals surface area (Å²) in [7, 11) is 1.48. The Kier molecular flexibility index (Phi) is 7.64. The summed E-state index contributed by atoms with van der Waals surface area (Å²) in [6, 6.07) is 17.9. The molecule has 1 aliphatic heterocycles. The van der Waals surface area contributed by atoms with Crippen molar-refractivity contribution in [2.75, 3.05) is 13.7 Å². The van der Waals surface area contributed by atoms with Crippen LogP contribution in [0.1, 0.15) is 45.6 Å². The highest BCUT2D eigenvalue weighted by molar-refractivity contribution is 6.47. The standard InChI is InChI=1S/C29H26ClNO6/c1-4-37-29(35)19-10-8-18(9-11-19)16-31-25(20-7-5-6-17(2)14-20)24(27(33)28(31)34)26(32)22-15-21(36-3)12-13-23(22)30/h5-15,25,32H,4,16H2,1-3H3/b26-24+. The quantitative estimate of drug-likeness (QED) is 0.193. The molecule has 1 N–H and O–H groups in total. The number of Topliss-reactive ketones (excluding diaryl/α,β-unsaturated/α-hetero) is 1. The Morgan fingerprint density at radius 2 is 1.78 bits per heavy atom. The Hall–Kier alpha value is -4.10. The summed E-state index contributed by atoms with van der Waals surface area (Å²) in [4.78, 5) is 40.0. The molecule has 1 saturated heterocycles. The van der Waals surface area contributed by atoms with Gasteiger partial charge in [0.2, 0.25) is 0 Å². The number of carbonyl (C=O) groups excluding carboxylic acids is 3. The SMILES string of the molecule is CCOC(=O)c1ccc(CN2C(=O)C(=O)/C(=C(/O)c3cc(OC)ccc3Cl)C2c2cccc(C)c2)cc1. The average molecular weight is 520 g/mol. The fourth-order valence-electron chi connectivity index (χ4n) is 4.35. The Labute approximate surface area is 219 Å². The van der Waals surface area contributed by atoms with Crippen molar-refractivity contribution in [2.45, 2.75) is 26.4 Å². The van der Waals surface area contributed by atoms with Crippen LogP contribution in [0.4, 0.5) is 0 Å². The van der Waals surface area contributed by atoms with E-state index in [2.05, 4.69) is 0 Å². The number of carbonyl (C=O) groups is 3. The fraction of sp³-hybridized carbons (Fsp3) is 0.207. The van der Waals surface area contributed by atoms with Crippen LogP contribution in [0.15, 0.2) is 72.3 Å². The van der Waals surface area contributed by atoms with E-state index in [-0.39, 0.29) is 35.1 Å². The highest BCUT2D eigenvalue weighted by atomic mass is 35.5. The van der Waals surface area contributed by atoms with Crippen LogP contribution in [0.5, 0.6) is 5.75 Å². The monoisotopic (exact) mass is 519 g/mol. The Balaban J connectivity index is 1.81. The van der Waals surface area contributed by atoms with E-state index in [1.54, 1.807) is 49.4 Å². The minimum Gasteiger partial charge on any atom is -0.507 e. The molecular formula is C29H26ClNO6. The zero-order valence-corrected chi connectivity index (χ0v) is 21.4. The van der Waals surface area contributed by atoms with Crippen molar-refractivity contribution in [1.29, 1.82) is 0 Å². The lowest BCUT2D eigenvalue weighted by atomic mass is 9.94. The summed E-state index contributed by atoms with van der Waals surface area (Å²) in [6.45, 7) is 3.98. The summed E-state index contributed by atoms with van der Waals surface area (Å²) >= 11 is 6.36. The second kappa shape index (κ2) is 10.9. The Morgan fingerprint density at radius 1 is 1.05 bits per heavy atom. The molecule has 37 heavy (non-hydrogen) atoms. The number of halogens is 1. The number of methoxy groups -OCH3 is 1. The second-order valence-corrected chi connectivity index (χ2v) is 9.01. The van der Waals surface area contributed by atoms with E-state index in [0.717, 1.165) is 5.56 Å². The highest BCUT2D eigenvalue weighted by Crippen LogP contribution is 2.42. The van der Waals surface area contributed by atoms with Gasteiger partial charge in [-0.05, 0) is 55.3 Å². The molecule has 0 saturated carbocycles. The van der Waals surface area contributed by atoms with E-state index >= 15 is 0 Å². The molecule has 0 bridgehead atoms. The second-order valence-electron chi connectivity index (χ2n) is 8.60. The van der Waals surface area contributed by atoms with Crippen molar-refractivity contribution in [3.8, 4) is 5.75 Å². The van der Waals surface area contributed by atoms with Crippen LogP contribution in [0, 0.1) is 6.92 Å². The third-order valence-electron chi connectivity index (χ3n) is 6.14. The van der Waals surface area contributed by atoms with E-state index in [1.165, 1.54) is 18.1 Å². The fourth-order valence-corrected chi connectivity index (χ4v) is 4.55. The van der Waals surface area contributed by atoms with Crippen LogP contribution in [0.2, 0.25) is 5.02 Å². The van der Waals surface area contributed by atoms with E-state index < -0.39 is 23.7 Å². The van der Waals surface area contributed by atoms with Crippen LogP contribution in [-0.4, -0.2) is 41.4 Å². The number of benzene rings is 3. The van der Waals surface area contributed by atoms with Crippen molar-refractivity contribution in [3.63, 3.8) is 0 Å². The van der Waals surface area contributed by atoms with Crippen LogP contribution in [0.25, 0.3) is 5.76 Å². The smallest absolute Gasteiger partial charge is 0.338 e. The summed E-state index contributed by atoms with van der Waals surface area (Å²) in [5, 5.41) is 11.5. The van der Waals surface area contributed by atoms with Crippen molar-refractivity contribution < 1.29 is 29.0 Å². The van der Waals surface area contributed by atoms with Gasteiger partial charge in [-0.1, -0.05) is 53.6 Å². The summed E-state index contributed by atoms with van der Waals surface area (Å²) in [5.74, 6) is -1.94. The van der Waals surface area contributed by atoms with Crippen molar-refractivity contribution in [1.82, 2.24) is 4.90 Å². The minimum atomic E-state index is -0.855. The van der Waals surface area contributed by atoms with E-state index in [1.807, 2.05) is 25.1 Å². The topological polar surface area (TPSA) is 93.1 Å². The number of ketones is 1. The molecule has 1 heterocycles. The van der Waals surface area contributed by atoms with Gasteiger partial charge in [0.25, 0.3) is 11.7 Å². The molecular weight excluding hydrogens is 494 g/mol. The summed E-state index contributed by atoms with van der Waals surface area (Å²) < 4.78 is 10.3. The average Bonchev–Trinajstić information content (AvgIpc) is 3.14. The van der Waals surface area contributed by atoms with Gasteiger partial charge in [0.05, 0.1) is 35.9 Å². The first-order valence-corrected chi connectivity index (χ1v) is 12.1. The molecule has 0 aliphatic carbocycles. The van der Waals surface area contributed by atoms with Gasteiger partial charge >= 0.3 is 5.97 Å². The number of ether oxygens (including phenoxy) is 2. The summed E-state index contributed by atoms with van der Waals surface area (Å²) in [5.41, 5.74) is 2.82. The number of rotatable bonds is 7.